The first-order valence-electron chi connectivity index (χ1n) is 14.2. The van der Waals surface area contributed by atoms with Gasteiger partial charge in [0.2, 0.25) is 26.0 Å². The van der Waals surface area contributed by atoms with E-state index in [1.54, 1.807) is 46.8 Å². The monoisotopic (exact) mass is 622 g/mol. The predicted octanol–water partition coefficient (Wildman–Crippen LogP) is 4.41. The molecule has 0 aromatic heterocycles. The summed E-state index contributed by atoms with van der Waals surface area (Å²) in [5.74, 6) is -0.162. The summed E-state index contributed by atoms with van der Waals surface area (Å²) in [6.07, 6.45) is 5.17. The highest BCUT2D eigenvalue weighted by Gasteiger charge is 2.53. The van der Waals surface area contributed by atoms with Crippen molar-refractivity contribution in [3.63, 3.8) is 0 Å². The number of carbonyl (C=O) groups is 1. The van der Waals surface area contributed by atoms with Crippen molar-refractivity contribution >= 4 is 43.2 Å². The molecule has 3 heterocycles. The number of nitrogens with zero attached hydrogens (tertiary/aromatic N) is 3. The van der Waals surface area contributed by atoms with Crippen LogP contribution in [0.15, 0.2) is 58.3 Å². The minimum Gasteiger partial charge on any atom is -0.325 e. The number of amides is 1. The lowest BCUT2D eigenvalue weighted by atomic mass is 9.74. The Bertz CT molecular complexity index is 1480. The first-order valence-corrected chi connectivity index (χ1v) is 17.5. The van der Waals surface area contributed by atoms with Gasteiger partial charge < -0.3 is 5.32 Å². The minimum absolute atomic E-state index is 0.141. The van der Waals surface area contributed by atoms with Crippen LogP contribution in [0, 0.1) is 5.41 Å². The van der Waals surface area contributed by atoms with Crippen molar-refractivity contribution in [3.05, 3.63) is 53.6 Å². The third-order valence-corrected chi connectivity index (χ3v) is 12.9. The third-order valence-electron chi connectivity index (χ3n) is 8.72. The van der Waals surface area contributed by atoms with Crippen LogP contribution >= 0.6 is 11.6 Å². The van der Waals surface area contributed by atoms with E-state index in [4.69, 9.17) is 11.6 Å². The van der Waals surface area contributed by atoms with Gasteiger partial charge in [0.25, 0.3) is 0 Å². The van der Waals surface area contributed by atoms with Gasteiger partial charge in [0.15, 0.2) is 0 Å². The summed E-state index contributed by atoms with van der Waals surface area (Å²) in [5, 5.41) is 3.28. The molecule has 3 aliphatic heterocycles. The molecule has 41 heavy (non-hydrogen) atoms. The fourth-order valence-corrected chi connectivity index (χ4v) is 10.3. The van der Waals surface area contributed by atoms with Crippen LogP contribution in [-0.4, -0.2) is 81.1 Å². The molecule has 1 N–H and O–H groups in total. The molecule has 0 radical (unpaired) electrons. The number of anilines is 1. The Morgan fingerprint density at radius 2 is 1.54 bits per heavy atom. The molecule has 0 unspecified atom stereocenters. The lowest BCUT2D eigenvalue weighted by Crippen LogP contribution is -2.45. The highest BCUT2D eigenvalue weighted by molar-refractivity contribution is 7.89. The van der Waals surface area contributed by atoms with Crippen LogP contribution in [0.1, 0.15) is 52.4 Å². The number of likely N-dealkylation sites (tertiary alicyclic amines) is 1. The van der Waals surface area contributed by atoms with Crippen molar-refractivity contribution in [1.82, 2.24) is 13.5 Å². The van der Waals surface area contributed by atoms with E-state index in [-0.39, 0.29) is 27.7 Å². The van der Waals surface area contributed by atoms with Crippen LogP contribution in [-0.2, 0) is 24.8 Å². The maximum atomic E-state index is 13.5. The third kappa shape index (κ3) is 6.50. The zero-order valence-electron chi connectivity index (χ0n) is 23.7. The van der Waals surface area contributed by atoms with Gasteiger partial charge >= 0.3 is 0 Å². The van der Waals surface area contributed by atoms with Gasteiger partial charge in [-0.2, -0.15) is 8.61 Å². The van der Waals surface area contributed by atoms with Crippen molar-refractivity contribution in [3.8, 4) is 0 Å². The van der Waals surface area contributed by atoms with Crippen LogP contribution in [0.5, 0.6) is 0 Å². The van der Waals surface area contributed by atoms with Crippen molar-refractivity contribution in [2.45, 2.75) is 67.7 Å². The summed E-state index contributed by atoms with van der Waals surface area (Å²) in [6.45, 7) is 7.11. The highest BCUT2D eigenvalue weighted by atomic mass is 35.5. The summed E-state index contributed by atoms with van der Waals surface area (Å²) in [5.41, 5.74) is -0.118. The average Bonchev–Trinajstić information content (AvgIpc) is 3.21. The second-order valence-electron chi connectivity index (χ2n) is 12.3. The van der Waals surface area contributed by atoms with Crippen LogP contribution in [0.2, 0.25) is 5.02 Å². The van der Waals surface area contributed by atoms with E-state index in [1.165, 1.54) is 10.4 Å². The highest BCUT2D eigenvalue weighted by Crippen LogP contribution is 2.50. The number of sulfonamides is 2. The van der Waals surface area contributed by atoms with Gasteiger partial charge in [-0.1, -0.05) is 24.1 Å². The maximum absolute atomic E-state index is 13.5. The van der Waals surface area contributed by atoms with Crippen LogP contribution in [0.25, 0.3) is 0 Å². The first-order chi connectivity index (χ1) is 19.3. The lowest BCUT2D eigenvalue weighted by molar-refractivity contribution is -0.117. The number of piperidine rings is 2. The van der Waals surface area contributed by atoms with Gasteiger partial charge in [-0.3, -0.25) is 9.69 Å². The van der Waals surface area contributed by atoms with E-state index >= 15 is 0 Å². The summed E-state index contributed by atoms with van der Waals surface area (Å²) < 4.78 is 56.0. The Balaban J connectivity index is 1.16. The van der Waals surface area contributed by atoms with Gasteiger partial charge in [0.1, 0.15) is 0 Å². The summed E-state index contributed by atoms with van der Waals surface area (Å²) in [6, 6.07) is 12.8. The molecule has 0 atom stereocenters. The SMILES string of the molecule is CC1(C)CC2(CCN(CC(=O)Nc3ccc(S(=O)(=O)N4CCCCC4)cc3)CC2)CN1S(=O)(=O)c1cccc(Cl)c1. The molecule has 224 valence electrons. The number of benzene rings is 2. The van der Waals surface area contributed by atoms with E-state index in [2.05, 4.69) is 10.2 Å². The molecule has 9 nitrogen and oxygen atoms in total. The zero-order valence-corrected chi connectivity index (χ0v) is 26.1. The van der Waals surface area contributed by atoms with E-state index in [1.807, 2.05) is 13.8 Å². The molecule has 0 aliphatic carbocycles. The molecule has 2 aromatic carbocycles. The number of hydrogen-bond acceptors (Lipinski definition) is 6. The van der Waals surface area contributed by atoms with Gasteiger partial charge in [-0.15, -0.1) is 0 Å². The number of nitrogens with one attached hydrogen (secondary N) is 1. The topological polar surface area (TPSA) is 107 Å². The van der Waals surface area contributed by atoms with Crippen molar-refractivity contribution in [2.75, 3.05) is 44.6 Å². The molecular weight excluding hydrogens is 584 g/mol. The van der Waals surface area contributed by atoms with E-state index in [9.17, 15) is 21.6 Å². The number of hydrogen-bond donors (Lipinski definition) is 1. The number of rotatable bonds is 7. The molecule has 3 fully saturated rings. The van der Waals surface area contributed by atoms with Crippen molar-refractivity contribution < 1.29 is 21.6 Å². The molecule has 3 aliphatic rings. The molecule has 3 saturated heterocycles. The molecule has 1 spiro atoms. The largest absolute Gasteiger partial charge is 0.325 e. The molecular formula is C29H39ClN4O5S2. The van der Waals surface area contributed by atoms with E-state index in [0.717, 1.165) is 38.5 Å². The Morgan fingerprint density at radius 3 is 2.17 bits per heavy atom. The Kier molecular flexibility index (Phi) is 8.59. The predicted molar refractivity (Wildman–Crippen MR) is 160 cm³/mol. The smallest absolute Gasteiger partial charge is 0.243 e. The number of carbonyl (C=O) groups excluding carboxylic acids is 1. The van der Waals surface area contributed by atoms with Crippen LogP contribution < -0.4 is 5.32 Å². The lowest BCUT2D eigenvalue weighted by Gasteiger charge is -2.39. The molecule has 1 amide bonds. The second-order valence-corrected chi connectivity index (χ2v) is 16.5. The Labute approximate surface area is 248 Å². The van der Waals surface area contributed by atoms with Crippen LogP contribution in [0.3, 0.4) is 0 Å². The fourth-order valence-electron chi connectivity index (χ4n) is 6.63. The van der Waals surface area contributed by atoms with E-state index < -0.39 is 25.6 Å². The molecule has 0 saturated carbocycles. The number of halogens is 1. The Morgan fingerprint density at radius 1 is 0.878 bits per heavy atom. The summed E-state index contributed by atoms with van der Waals surface area (Å²) in [7, 11) is -7.21. The average molecular weight is 623 g/mol. The summed E-state index contributed by atoms with van der Waals surface area (Å²) >= 11 is 6.09. The normalized spacial score (nSPS) is 22.1. The van der Waals surface area contributed by atoms with Crippen molar-refractivity contribution in [2.24, 2.45) is 5.41 Å². The van der Waals surface area contributed by atoms with Crippen molar-refractivity contribution in [1.29, 1.82) is 0 Å². The van der Waals surface area contributed by atoms with E-state index in [0.29, 0.717) is 43.4 Å². The standard InChI is InChI=1S/C29H39ClN4O5S2/c1-28(2)21-29(22-34(28)41(38,39)26-8-6-7-23(30)19-26)13-17-32(18-14-29)20-27(35)31-24-9-11-25(12-10-24)40(36,37)33-15-4-3-5-16-33/h6-12,19H,3-5,13-18,20-22H2,1-2H3,(H,31,35). The molecule has 2 aromatic rings. The fraction of sp³-hybridized carbons (Fsp3) is 0.552. The molecule has 0 bridgehead atoms. The minimum atomic E-state index is -3.70. The maximum Gasteiger partial charge on any atom is 0.243 e. The van der Waals surface area contributed by atoms with Gasteiger partial charge in [0.05, 0.1) is 16.3 Å². The first kappa shape index (κ1) is 30.4. The van der Waals surface area contributed by atoms with Crippen LogP contribution in [0.4, 0.5) is 5.69 Å². The quantitative estimate of drug-likeness (QED) is 0.490. The van der Waals surface area contributed by atoms with Gasteiger partial charge in [-0.05, 0) is 107 Å². The molecule has 12 heteroatoms. The van der Waals surface area contributed by atoms with Gasteiger partial charge in [0, 0.05) is 35.9 Å². The summed E-state index contributed by atoms with van der Waals surface area (Å²) in [4.78, 5) is 15.4. The molecule has 5 rings (SSSR count). The Hall–Kier alpha value is -2.02. The second kappa shape index (κ2) is 11.6. The zero-order chi connectivity index (χ0) is 29.5. The van der Waals surface area contributed by atoms with Gasteiger partial charge in [-0.25, -0.2) is 16.8 Å².